The number of nitrogens with one attached hydrogen (secondary N) is 1. The maximum atomic E-state index is 13.8. The van der Waals surface area contributed by atoms with Crippen molar-refractivity contribution in [2.45, 2.75) is 81.6 Å². The standard InChI is InChI=1S/C36H36FN3O6/c1-35(34(43)39-24-16-25(41)17-24)19-45-33-27(35)18-30(40-32(33)20-5-7-23(37)8-6-20)36(2,44)12-11-28(42)22-14-21-4-3-13-38-31(21)29(15-22)46-26-9-10-26/h3-8,13-15,18,24-26,41,44H,9-12,16-17,19H2,1-2H3,(H,39,43)/t24?,25?,35-,36-/m0/s1. The minimum Gasteiger partial charge on any atom is -0.489 e. The van der Waals surface area contributed by atoms with E-state index < -0.39 is 22.9 Å². The number of rotatable bonds is 10. The molecule has 2 saturated carbocycles. The van der Waals surface area contributed by atoms with Crippen molar-refractivity contribution in [2.75, 3.05) is 6.61 Å². The quantitative estimate of drug-likeness (QED) is 0.207. The second kappa shape index (κ2) is 11.4. The lowest BCUT2D eigenvalue weighted by Crippen LogP contribution is -2.53. The van der Waals surface area contributed by atoms with E-state index in [9.17, 15) is 24.2 Å². The Morgan fingerprint density at radius 1 is 1.15 bits per heavy atom. The van der Waals surface area contributed by atoms with E-state index >= 15 is 0 Å². The predicted molar refractivity (Wildman–Crippen MR) is 168 cm³/mol. The highest BCUT2D eigenvalue weighted by molar-refractivity contribution is 6.01. The molecular weight excluding hydrogens is 589 g/mol. The summed E-state index contributed by atoms with van der Waals surface area (Å²) in [4.78, 5) is 36.4. The third-order valence-corrected chi connectivity index (χ3v) is 9.34. The number of carbonyl (C=O) groups excluding carboxylic acids is 2. The zero-order valence-corrected chi connectivity index (χ0v) is 25.8. The molecule has 3 N–H and O–H groups in total. The van der Waals surface area contributed by atoms with Gasteiger partial charge in [0.15, 0.2) is 5.78 Å². The number of hydrogen-bond acceptors (Lipinski definition) is 8. The lowest BCUT2D eigenvalue weighted by atomic mass is 9.80. The molecule has 1 aliphatic heterocycles. The fourth-order valence-corrected chi connectivity index (χ4v) is 6.11. The molecule has 46 heavy (non-hydrogen) atoms. The zero-order chi connectivity index (χ0) is 32.2. The molecule has 0 radical (unpaired) electrons. The number of pyridine rings is 2. The van der Waals surface area contributed by atoms with E-state index in [1.54, 1.807) is 50.4 Å². The van der Waals surface area contributed by atoms with E-state index in [0.717, 1.165) is 18.2 Å². The Hall–Kier alpha value is -4.41. The molecule has 7 rings (SSSR count). The summed E-state index contributed by atoms with van der Waals surface area (Å²) in [6.45, 7) is 3.42. The van der Waals surface area contributed by atoms with Crippen molar-refractivity contribution in [3.63, 3.8) is 0 Å². The van der Waals surface area contributed by atoms with Crippen LogP contribution in [0.2, 0.25) is 0 Å². The first kappa shape index (κ1) is 30.3. The number of aliphatic hydroxyl groups is 2. The Balaban J connectivity index is 1.19. The Labute approximate surface area is 265 Å². The third-order valence-electron chi connectivity index (χ3n) is 9.34. The summed E-state index contributed by atoms with van der Waals surface area (Å²) < 4.78 is 26.0. The molecular formula is C36H36FN3O6. The number of ether oxygens (including phenoxy) is 2. The topological polar surface area (TPSA) is 131 Å². The summed E-state index contributed by atoms with van der Waals surface area (Å²) >= 11 is 0. The van der Waals surface area contributed by atoms with Crippen molar-refractivity contribution in [3.05, 3.63) is 83.4 Å². The second-order valence-electron chi connectivity index (χ2n) is 13.2. The van der Waals surface area contributed by atoms with Gasteiger partial charge in [-0.2, -0.15) is 0 Å². The van der Waals surface area contributed by atoms with Gasteiger partial charge in [-0.15, -0.1) is 0 Å². The molecule has 1 amide bonds. The number of halogens is 1. The van der Waals surface area contributed by atoms with Crippen LogP contribution >= 0.6 is 0 Å². The van der Waals surface area contributed by atoms with Crippen LogP contribution in [0.15, 0.2) is 60.8 Å². The van der Waals surface area contributed by atoms with Crippen molar-refractivity contribution in [1.29, 1.82) is 0 Å². The van der Waals surface area contributed by atoms with E-state index in [4.69, 9.17) is 14.5 Å². The minimum absolute atomic E-state index is 0.0184. The third kappa shape index (κ3) is 5.71. The SMILES string of the molecule is C[C@](O)(CCC(=O)c1cc(OC2CC2)c2ncccc2c1)c1cc2c(c(-c3ccc(F)cc3)n1)OC[C@]2(C)C(=O)NC1CC(O)C1. The number of aliphatic hydroxyl groups excluding tert-OH is 1. The summed E-state index contributed by atoms with van der Waals surface area (Å²) in [5.41, 5.74) is 0.252. The molecule has 0 saturated heterocycles. The second-order valence-corrected chi connectivity index (χ2v) is 13.2. The van der Waals surface area contributed by atoms with Gasteiger partial charge < -0.3 is 25.0 Å². The molecule has 10 heteroatoms. The average molecular weight is 626 g/mol. The number of aromatic nitrogens is 2. The molecule has 3 aliphatic rings. The number of Topliss-reactive ketones (excluding diaryl/α,β-unsaturated/α-hetero) is 1. The van der Waals surface area contributed by atoms with E-state index in [1.807, 2.05) is 12.1 Å². The largest absolute Gasteiger partial charge is 0.489 e. The van der Waals surface area contributed by atoms with Gasteiger partial charge in [0, 0.05) is 40.7 Å². The van der Waals surface area contributed by atoms with Gasteiger partial charge in [-0.05, 0) is 94.5 Å². The smallest absolute Gasteiger partial charge is 0.234 e. The van der Waals surface area contributed by atoms with Crippen LogP contribution in [0.4, 0.5) is 4.39 Å². The molecule has 2 aromatic carbocycles. The van der Waals surface area contributed by atoms with Gasteiger partial charge in [0.05, 0.1) is 17.9 Å². The first-order valence-electron chi connectivity index (χ1n) is 15.7. The van der Waals surface area contributed by atoms with Gasteiger partial charge in [0.2, 0.25) is 5.91 Å². The van der Waals surface area contributed by atoms with Crippen LogP contribution in [0.5, 0.6) is 11.5 Å². The van der Waals surface area contributed by atoms with Crippen LogP contribution in [0.3, 0.4) is 0 Å². The molecule has 0 unspecified atom stereocenters. The van der Waals surface area contributed by atoms with Crippen molar-refractivity contribution >= 4 is 22.6 Å². The van der Waals surface area contributed by atoms with Crippen molar-refractivity contribution in [2.24, 2.45) is 0 Å². The number of hydrogen-bond donors (Lipinski definition) is 3. The Kier molecular flexibility index (Phi) is 7.52. The maximum absolute atomic E-state index is 13.8. The molecule has 2 atom stereocenters. The highest BCUT2D eigenvalue weighted by Gasteiger charge is 2.47. The van der Waals surface area contributed by atoms with Crippen LogP contribution in [0.1, 0.15) is 74.0 Å². The summed E-state index contributed by atoms with van der Waals surface area (Å²) in [6, 6.07) is 14.6. The number of carbonyl (C=O) groups is 2. The van der Waals surface area contributed by atoms with Gasteiger partial charge >= 0.3 is 0 Å². The summed E-state index contributed by atoms with van der Waals surface area (Å²) in [5, 5.41) is 25.4. The first-order valence-corrected chi connectivity index (χ1v) is 15.7. The van der Waals surface area contributed by atoms with Crippen molar-refractivity contribution < 1.29 is 33.7 Å². The van der Waals surface area contributed by atoms with Gasteiger partial charge in [-0.1, -0.05) is 6.07 Å². The monoisotopic (exact) mass is 625 g/mol. The Morgan fingerprint density at radius 2 is 1.91 bits per heavy atom. The molecule has 2 aliphatic carbocycles. The normalized spacial score (nSPS) is 23.2. The lowest BCUT2D eigenvalue weighted by molar-refractivity contribution is -0.128. The van der Waals surface area contributed by atoms with Crippen LogP contribution < -0.4 is 14.8 Å². The van der Waals surface area contributed by atoms with Crippen LogP contribution in [-0.2, 0) is 15.8 Å². The number of nitrogens with zero attached hydrogens (tertiary/aromatic N) is 2. The highest BCUT2D eigenvalue weighted by atomic mass is 19.1. The molecule has 4 aromatic rings. The number of amides is 1. The fraction of sp³-hybridized carbons (Fsp3) is 0.389. The first-order chi connectivity index (χ1) is 22.0. The van der Waals surface area contributed by atoms with E-state index in [1.165, 1.54) is 12.1 Å². The fourth-order valence-electron chi connectivity index (χ4n) is 6.11. The summed E-state index contributed by atoms with van der Waals surface area (Å²) in [7, 11) is 0. The molecule has 0 bridgehead atoms. The van der Waals surface area contributed by atoms with Gasteiger partial charge in [0.1, 0.15) is 46.1 Å². The highest BCUT2D eigenvalue weighted by Crippen LogP contribution is 2.46. The lowest BCUT2D eigenvalue weighted by Gasteiger charge is -2.34. The molecule has 2 aromatic heterocycles. The van der Waals surface area contributed by atoms with Gasteiger partial charge in [0.25, 0.3) is 0 Å². The number of ketones is 1. The summed E-state index contributed by atoms with van der Waals surface area (Å²) in [5.74, 6) is 0.137. The average Bonchev–Trinajstić information content (AvgIpc) is 3.78. The zero-order valence-electron chi connectivity index (χ0n) is 25.8. The molecule has 3 heterocycles. The Morgan fingerprint density at radius 3 is 2.63 bits per heavy atom. The Bertz CT molecular complexity index is 1830. The van der Waals surface area contributed by atoms with Crippen LogP contribution in [0.25, 0.3) is 22.2 Å². The van der Waals surface area contributed by atoms with E-state index in [0.29, 0.717) is 52.2 Å². The number of benzene rings is 2. The van der Waals surface area contributed by atoms with E-state index in [2.05, 4.69) is 10.3 Å². The maximum Gasteiger partial charge on any atom is 0.234 e. The molecule has 238 valence electrons. The van der Waals surface area contributed by atoms with Crippen LogP contribution in [-0.4, -0.2) is 56.7 Å². The van der Waals surface area contributed by atoms with Gasteiger partial charge in [-0.25, -0.2) is 9.37 Å². The molecule has 2 fully saturated rings. The van der Waals surface area contributed by atoms with Crippen LogP contribution in [0, 0.1) is 5.82 Å². The van der Waals surface area contributed by atoms with Gasteiger partial charge in [-0.3, -0.25) is 14.6 Å². The minimum atomic E-state index is -1.57. The van der Waals surface area contributed by atoms with Crippen molar-refractivity contribution in [3.8, 4) is 22.8 Å². The predicted octanol–water partition coefficient (Wildman–Crippen LogP) is 5.14. The molecule has 0 spiro atoms. The summed E-state index contributed by atoms with van der Waals surface area (Å²) in [6.07, 6.45) is 4.39. The van der Waals surface area contributed by atoms with E-state index in [-0.39, 0.29) is 49.0 Å². The number of fused-ring (bicyclic) bond motifs is 2. The van der Waals surface area contributed by atoms with Crippen molar-refractivity contribution in [1.82, 2.24) is 15.3 Å². The molecule has 9 nitrogen and oxygen atoms in total.